The highest BCUT2D eigenvalue weighted by Crippen LogP contribution is 2.21. The maximum absolute atomic E-state index is 11.9. The van der Waals surface area contributed by atoms with Gasteiger partial charge in [0.2, 0.25) is 0 Å². The number of hydrogen-bond donors (Lipinski definition) is 2. The predicted molar refractivity (Wildman–Crippen MR) is 68.6 cm³/mol. The van der Waals surface area contributed by atoms with Crippen molar-refractivity contribution in [2.24, 2.45) is 0 Å². The molecule has 2 aromatic heterocycles. The van der Waals surface area contributed by atoms with Gasteiger partial charge in [-0.05, 0) is 19.1 Å². The normalized spacial score (nSPS) is 10.6. The highest BCUT2D eigenvalue weighted by Gasteiger charge is 2.11. The van der Waals surface area contributed by atoms with Crippen LogP contribution >= 0.6 is 11.6 Å². The van der Waals surface area contributed by atoms with E-state index in [9.17, 15) is 4.79 Å². The van der Waals surface area contributed by atoms with Gasteiger partial charge in [0.25, 0.3) is 5.56 Å². The average Bonchev–Trinajstić information content (AvgIpc) is 2.34. The smallest absolute Gasteiger partial charge is 0.254 e. The Kier molecular flexibility index (Phi) is 3.74. The molecule has 18 heavy (non-hydrogen) atoms. The number of aliphatic hydroxyl groups excluding tert-OH is 1. The summed E-state index contributed by atoms with van der Waals surface area (Å²) in [6, 6.07) is 3.39. The second kappa shape index (κ2) is 5.29. The molecule has 2 N–H and O–H groups in total. The Morgan fingerprint density at radius 3 is 2.89 bits per heavy atom. The van der Waals surface area contributed by atoms with Crippen LogP contribution in [0.2, 0.25) is 5.02 Å². The molecule has 2 rings (SSSR count). The number of rotatable bonds is 3. The van der Waals surface area contributed by atoms with Gasteiger partial charge in [-0.2, -0.15) is 0 Å². The van der Waals surface area contributed by atoms with Crippen molar-refractivity contribution in [2.45, 2.75) is 13.3 Å². The van der Waals surface area contributed by atoms with Gasteiger partial charge in [-0.15, -0.1) is 0 Å². The molecular formula is C12H12ClN3O2. The first-order chi connectivity index (χ1) is 8.63. The van der Waals surface area contributed by atoms with Gasteiger partial charge in [0.1, 0.15) is 5.69 Å². The van der Waals surface area contributed by atoms with E-state index in [1.54, 1.807) is 25.3 Å². The molecule has 0 fully saturated rings. The number of pyridine rings is 1. The molecule has 2 heterocycles. The van der Waals surface area contributed by atoms with Crippen LogP contribution in [0.3, 0.4) is 0 Å². The van der Waals surface area contributed by atoms with E-state index in [1.165, 1.54) is 0 Å². The SMILES string of the molecule is Cc1nc(-c2ncccc2Cl)[nH]c(=O)c1CCO. The van der Waals surface area contributed by atoms with Crippen LogP contribution in [0.5, 0.6) is 0 Å². The highest BCUT2D eigenvalue weighted by molar-refractivity contribution is 6.32. The summed E-state index contributed by atoms with van der Waals surface area (Å²) in [6.45, 7) is 1.63. The van der Waals surface area contributed by atoms with Crippen molar-refractivity contribution in [1.82, 2.24) is 15.0 Å². The van der Waals surface area contributed by atoms with Gasteiger partial charge in [0.05, 0.1) is 5.02 Å². The van der Waals surface area contributed by atoms with Gasteiger partial charge in [0.15, 0.2) is 5.82 Å². The molecule has 5 nitrogen and oxygen atoms in total. The lowest BCUT2D eigenvalue weighted by Gasteiger charge is -2.06. The van der Waals surface area contributed by atoms with E-state index in [0.717, 1.165) is 0 Å². The molecule has 0 bridgehead atoms. The van der Waals surface area contributed by atoms with Crippen LogP contribution < -0.4 is 5.56 Å². The second-order valence-electron chi connectivity index (χ2n) is 3.79. The first kappa shape index (κ1) is 12.7. The lowest BCUT2D eigenvalue weighted by molar-refractivity contribution is 0.298. The lowest BCUT2D eigenvalue weighted by Crippen LogP contribution is -2.18. The van der Waals surface area contributed by atoms with E-state index in [1.807, 2.05) is 0 Å². The molecule has 0 amide bonds. The largest absolute Gasteiger partial charge is 0.396 e. The number of H-pyrrole nitrogens is 1. The van der Waals surface area contributed by atoms with E-state index in [0.29, 0.717) is 27.8 Å². The Balaban J connectivity index is 2.55. The quantitative estimate of drug-likeness (QED) is 0.877. The number of hydrogen-bond acceptors (Lipinski definition) is 4. The molecule has 0 radical (unpaired) electrons. The van der Waals surface area contributed by atoms with Crippen LogP contribution in [-0.4, -0.2) is 26.7 Å². The minimum atomic E-state index is -0.270. The molecule has 0 saturated carbocycles. The summed E-state index contributed by atoms with van der Waals surface area (Å²) in [7, 11) is 0. The van der Waals surface area contributed by atoms with Crippen LogP contribution in [-0.2, 0) is 6.42 Å². The third kappa shape index (κ3) is 2.42. The molecule has 2 aromatic rings. The first-order valence-corrected chi connectivity index (χ1v) is 5.83. The van der Waals surface area contributed by atoms with Crippen molar-refractivity contribution in [3.8, 4) is 11.5 Å². The summed E-state index contributed by atoms with van der Waals surface area (Å²) in [5, 5.41) is 9.31. The topological polar surface area (TPSA) is 78.9 Å². The fraction of sp³-hybridized carbons (Fsp3) is 0.250. The Labute approximate surface area is 109 Å². The molecule has 0 unspecified atom stereocenters. The van der Waals surface area contributed by atoms with E-state index < -0.39 is 0 Å². The Hall–Kier alpha value is -1.72. The van der Waals surface area contributed by atoms with Gasteiger partial charge in [-0.25, -0.2) is 4.98 Å². The molecule has 0 spiro atoms. The van der Waals surface area contributed by atoms with Gasteiger partial charge in [0, 0.05) is 30.5 Å². The number of halogens is 1. The lowest BCUT2D eigenvalue weighted by atomic mass is 10.2. The summed E-state index contributed by atoms with van der Waals surface area (Å²) in [6.07, 6.45) is 1.86. The van der Waals surface area contributed by atoms with Crippen LogP contribution in [0.25, 0.3) is 11.5 Å². The summed E-state index contributed by atoms with van der Waals surface area (Å²) in [5.41, 5.74) is 1.22. The zero-order chi connectivity index (χ0) is 13.1. The molecule has 0 saturated heterocycles. The van der Waals surface area contributed by atoms with Crippen molar-refractivity contribution in [3.63, 3.8) is 0 Å². The van der Waals surface area contributed by atoms with Gasteiger partial charge in [-0.1, -0.05) is 11.6 Å². The molecular weight excluding hydrogens is 254 g/mol. The van der Waals surface area contributed by atoms with Crippen LogP contribution in [0.15, 0.2) is 23.1 Å². The number of aromatic nitrogens is 3. The fourth-order valence-corrected chi connectivity index (χ4v) is 1.90. The zero-order valence-corrected chi connectivity index (χ0v) is 10.5. The van der Waals surface area contributed by atoms with Crippen molar-refractivity contribution in [2.75, 3.05) is 6.61 Å². The molecule has 94 valence electrons. The summed E-state index contributed by atoms with van der Waals surface area (Å²) in [5.74, 6) is 0.338. The molecule has 0 aliphatic rings. The number of aryl methyl sites for hydroxylation is 1. The van der Waals surface area contributed by atoms with Crippen LogP contribution in [0, 0.1) is 6.92 Å². The third-order valence-electron chi connectivity index (χ3n) is 2.57. The van der Waals surface area contributed by atoms with E-state index in [-0.39, 0.29) is 18.6 Å². The first-order valence-electron chi connectivity index (χ1n) is 5.45. The summed E-state index contributed by atoms with van der Waals surface area (Å²) >= 11 is 6.00. The van der Waals surface area contributed by atoms with E-state index in [2.05, 4.69) is 15.0 Å². The van der Waals surface area contributed by atoms with Gasteiger partial charge in [-0.3, -0.25) is 9.78 Å². The van der Waals surface area contributed by atoms with Crippen LogP contribution in [0.4, 0.5) is 0 Å². The Bertz CT molecular complexity index is 625. The van der Waals surface area contributed by atoms with Gasteiger partial charge < -0.3 is 10.1 Å². The summed E-state index contributed by atoms with van der Waals surface area (Å²) in [4.78, 5) is 22.9. The molecule has 0 aliphatic carbocycles. The highest BCUT2D eigenvalue weighted by atomic mass is 35.5. The Morgan fingerprint density at radius 1 is 1.50 bits per heavy atom. The second-order valence-corrected chi connectivity index (χ2v) is 4.19. The van der Waals surface area contributed by atoms with E-state index in [4.69, 9.17) is 16.7 Å². The monoisotopic (exact) mass is 265 g/mol. The fourth-order valence-electron chi connectivity index (χ4n) is 1.69. The minimum absolute atomic E-state index is 0.0880. The number of nitrogens with zero attached hydrogens (tertiary/aromatic N) is 2. The molecule has 6 heteroatoms. The molecule has 0 atom stereocenters. The maximum Gasteiger partial charge on any atom is 0.254 e. The third-order valence-corrected chi connectivity index (χ3v) is 2.87. The number of nitrogens with one attached hydrogen (secondary N) is 1. The van der Waals surface area contributed by atoms with E-state index >= 15 is 0 Å². The van der Waals surface area contributed by atoms with Crippen molar-refractivity contribution < 1.29 is 5.11 Å². The van der Waals surface area contributed by atoms with Crippen molar-refractivity contribution in [3.05, 3.63) is 45.0 Å². The number of aliphatic hydroxyl groups is 1. The minimum Gasteiger partial charge on any atom is -0.396 e. The molecule has 0 aliphatic heterocycles. The Morgan fingerprint density at radius 2 is 2.28 bits per heavy atom. The van der Waals surface area contributed by atoms with Crippen molar-refractivity contribution in [1.29, 1.82) is 0 Å². The van der Waals surface area contributed by atoms with Crippen molar-refractivity contribution >= 4 is 11.6 Å². The number of aromatic amines is 1. The summed E-state index contributed by atoms with van der Waals surface area (Å²) < 4.78 is 0. The van der Waals surface area contributed by atoms with Crippen LogP contribution in [0.1, 0.15) is 11.3 Å². The molecule has 0 aromatic carbocycles. The standard InChI is InChI=1S/C12H12ClN3O2/c1-7-8(4-6-17)12(18)16-11(15-7)10-9(13)3-2-5-14-10/h2-3,5,17H,4,6H2,1H3,(H,15,16,18). The van der Waals surface area contributed by atoms with Gasteiger partial charge >= 0.3 is 0 Å². The maximum atomic E-state index is 11.9. The zero-order valence-electron chi connectivity index (χ0n) is 9.77. The predicted octanol–water partition coefficient (Wildman–Crippen LogP) is 1.33. The average molecular weight is 266 g/mol.